The third-order valence-corrected chi connectivity index (χ3v) is 3.55. The lowest BCUT2D eigenvalue weighted by atomic mass is 10.1. The van der Waals surface area contributed by atoms with Crippen LogP contribution in [0.2, 0.25) is 0 Å². The molecule has 1 N–H and O–H groups in total. The Morgan fingerprint density at radius 3 is 2.58 bits per heavy atom. The third-order valence-electron chi connectivity index (χ3n) is 3.55. The summed E-state index contributed by atoms with van der Waals surface area (Å²) in [6.45, 7) is -0.0988. The number of hydrogen-bond acceptors (Lipinski definition) is 6. The number of nitrogens with zero attached hydrogens (tertiary/aromatic N) is 1. The van der Waals surface area contributed by atoms with E-state index in [4.69, 9.17) is 14.2 Å². The molecule has 0 atom stereocenters. The molecule has 0 fully saturated rings. The lowest BCUT2D eigenvalue weighted by molar-refractivity contribution is -0.608. The van der Waals surface area contributed by atoms with Crippen LogP contribution in [0.15, 0.2) is 42.6 Å². The average molecular weight is 360 g/mol. The molecule has 0 aliphatic rings. The zero-order valence-corrected chi connectivity index (χ0v) is 14.6. The molecule has 1 aromatic heterocycles. The van der Waals surface area contributed by atoms with Crippen LogP contribution in [0.1, 0.15) is 16.1 Å². The summed E-state index contributed by atoms with van der Waals surface area (Å²) in [5, 5.41) is 14.1. The Morgan fingerprint density at radius 2 is 1.88 bits per heavy atom. The minimum atomic E-state index is -0.851. The summed E-state index contributed by atoms with van der Waals surface area (Å²) < 4.78 is 15.6. The van der Waals surface area contributed by atoms with Crippen molar-refractivity contribution in [2.75, 3.05) is 27.4 Å². The first-order chi connectivity index (χ1) is 12.5. The first kappa shape index (κ1) is 19.0. The average Bonchev–Trinajstić information content (AvgIpc) is 2.66. The Labute approximate surface area is 150 Å². The molecule has 0 aliphatic heterocycles. The number of nitrogens with one attached hydrogen (secondary N) is 1. The summed E-state index contributed by atoms with van der Waals surface area (Å²) in [7, 11) is 3.11. The number of carbonyl (C=O) groups excluding carboxylic acids is 2. The highest BCUT2D eigenvalue weighted by molar-refractivity contribution is 5.88. The molecule has 0 spiro atoms. The molecular formula is C18H20N2O6. The second-order valence-corrected chi connectivity index (χ2v) is 5.28. The van der Waals surface area contributed by atoms with Gasteiger partial charge in [-0.1, -0.05) is 6.07 Å². The highest BCUT2D eigenvalue weighted by Gasteiger charge is 2.17. The lowest BCUT2D eigenvalue weighted by Crippen LogP contribution is -2.36. The van der Waals surface area contributed by atoms with Gasteiger partial charge in [-0.05, 0) is 30.2 Å². The fraction of sp³-hybridized carbons (Fsp3) is 0.278. The third kappa shape index (κ3) is 5.10. The van der Waals surface area contributed by atoms with Gasteiger partial charge in [0.15, 0.2) is 24.3 Å². The standard InChI is InChI=1S/C18H20N2O6/c1-24-15-7-6-13(11-16(15)25-2)8-9-19-17(21)12-26-18(22)14-5-3-4-10-20(14)23/h3-7,10-11H,8-9,12H2,1-2H3,(H,19,21). The maximum Gasteiger partial charge on any atom is 0.405 e. The minimum absolute atomic E-state index is 0.175. The van der Waals surface area contributed by atoms with Crippen LogP contribution in [-0.4, -0.2) is 39.2 Å². The van der Waals surface area contributed by atoms with Gasteiger partial charge in [-0.25, -0.2) is 4.79 Å². The number of amides is 1. The molecule has 0 bridgehead atoms. The molecule has 1 amide bonds. The van der Waals surface area contributed by atoms with Crippen molar-refractivity contribution in [2.45, 2.75) is 6.42 Å². The Morgan fingerprint density at radius 1 is 1.12 bits per heavy atom. The first-order valence-electron chi connectivity index (χ1n) is 7.88. The zero-order valence-electron chi connectivity index (χ0n) is 14.6. The molecule has 8 heteroatoms. The van der Waals surface area contributed by atoms with Crippen LogP contribution >= 0.6 is 0 Å². The maximum atomic E-state index is 11.8. The summed E-state index contributed by atoms with van der Waals surface area (Å²) in [6.07, 6.45) is 1.75. The number of rotatable bonds is 8. The molecule has 138 valence electrons. The maximum absolute atomic E-state index is 11.8. The van der Waals surface area contributed by atoms with Gasteiger partial charge >= 0.3 is 11.7 Å². The van der Waals surface area contributed by atoms with Gasteiger partial charge in [0.05, 0.1) is 14.2 Å². The molecule has 0 saturated carbocycles. The predicted molar refractivity (Wildman–Crippen MR) is 91.9 cm³/mol. The van der Waals surface area contributed by atoms with Gasteiger partial charge in [-0.3, -0.25) is 4.79 Å². The van der Waals surface area contributed by atoms with Crippen molar-refractivity contribution in [1.82, 2.24) is 5.32 Å². The molecular weight excluding hydrogens is 340 g/mol. The van der Waals surface area contributed by atoms with Crippen LogP contribution in [0.3, 0.4) is 0 Å². The van der Waals surface area contributed by atoms with Crippen LogP contribution in [0.4, 0.5) is 0 Å². The van der Waals surface area contributed by atoms with E-state index in [1.807, 2.05) is 12.1 Å². The molecule has 0 radical (unpaired) electrons. The van der Waals surface area contributed by atoms with Crippen molar-refractivity contribution in [3.63, 3.8) is 0 Å². The van der Waals surface area contributed by atoms with E-state index in [2.05, 4.69) is 5.32 Å². The number of hydrogen-bond donors (Lipinski definition) is 1. The Kier molecular flexibility index (Phi) is 6.78. The van der Waals surface area contributed by atoms with E-state index >= 15 is 0 Å². The lowest BCUT2D eigenvalue weighted by Gasteiger charge is -2.10. The smallest absolute Gasteiger partial charge is 0.405 e. The van der Waals surface area contributed by atoms with Crippen molar-refractivity contribution < 1.29 is 28.5 Å². The molecule has 1 heterocycles. The van der Waals surface area contributed by atoms with Crippen molar-refractivity contribution in [3.05, 3.63) is 59.1 Å². The van der Waals surface area contributed by atoms with Gasteiger partial charge in [0, 0.05) is 18.7 Å². The number of benzene rings is 1. The molecule has 0 aliphatic carbocycles. The second-order valence-electron chi connectivity index (χ2n) is 5.28. The summed E-state index contributed by atoms with van der Waals surface area (Å²) in [5.41, 5.74) is 0.780. The topological polar surface area (TPSA) is 101 Å². The summed E-state index contributed by atoms with van der Waals surface area (Å²) in [4.78, 5) is 23.5. The van der Waals surface area contributed by atoms with Crippen molar-refractivity contribution in [1.29, 1.82) is 0 Å². The molecule has 2 rings (SSSR count). The Bertz CT molecular complexity index is 778. The van der Waals surface area contributed by atoms with Crippen LogP contribution in [-0.2, 0) is 16.0 Å². The van der Waals surface area contributed by atoms with E-state index in [9.17, 15) is 14.8 Å². The Hall–Kier alpha value is -3.29. The van der Waals surface area contributed by atoms with E-state index < -0.39 is 18.5 Å². The van der Waals surface area contributed by atoms with Crippen molar-refractivity contribution >= 4 is 11.9 Å². The molecule has 1 aromatic carbocycles. The monoisotopic (exact) mass is 360 g/mol. The summed E-state index contributed by atoms with van der Waals surface area (Å²) in [5.74, 6) is -0.0643. The van der Waals surface area contributed by atoms with Gasteiger partial charge in [0.1, 0.15) is 0 Å². The number of aromatic nitrogens is 1. The number of esters is 1. The highest BCUT2D eigenvalue weighted by atomic mass is 16.5. The van der Waals surface area contributed by atoms with Gasteiger partial charge in [0.25, 0.3) is 5.91 Å². The van der Waals surface area contributed by atoms with E-state index in [0.717, 1.165) is 5.56 Å². The fourth-order valence-corrected chi connectivity index (χ4v) is 2.22. The largest absolute Gasteiger partial charge is 0.618 e. The Balaban J connectivity index is 1.77. The van der Waals surface area contributed by atoms with E-state index in [1.165, 1.54) is 24.4 Å². The SMILES string of the molecule is COc1ccc(CCNC(=O)COC(=O)c2cccc[n+]2[O-])cc1OC. The first-order valence-corrected chi connectivity index (χ1v) is 7.88. The van der Waals surface area contributed by atoms with Crippen LogP contribution < -0.4 is 19.5 Å². The number of ether oxygens (including phenoxy) is 3. The summed E-state index contributed by atoms with van der Waals surface area (Å²) >= 11 is 0. The number of pyridine rings is 1. The van der Waals surface area contributed by atoms with Crippen molar-refractivity contribution in [2.24, 2.45) is 0 Å². The minimum Gasteiger partial charge on any atom is -0.618 e. The summed E-state index contributed by atoms with van der Waals surface area (Å²) in [6, 6.07) is 9.84. The zero-order chi connectivity index (χ0) is 18.9. The van der Waals surface area contributed by atoms with Crippen LogP contribution in [0.25, 0.3) is 0 Å². The quantitative estimate of drug-likeness (QED) is 0.426. The number of carbonyl (C=O) groups is 2. The predicted octanol–water partition coefficient (Wildman–Crippen LogP) is 0.853. The van der Waals surface area contributed by atoms with Gasteiger partial charge in [0.2, 0.25) is 0 Å². The van der Waals surface area contributed by atoms with E-state index in [1.54, 1.807) is 20.3 Å². The second kappa shape index (κ2) is 9.26. The van der Waals surface area contributed by atoms with Gasteiger partial charge in [-0.15, -0.1) is 0 Å². The van der Waals surface area contributed by atoms with Crippen LogP contribution in [0, 0.1) is 5.21 Å². The van der Waals surface area contributed by atoms with Gasteiger partial charge < -0.3 is 24.7 Å². The molecule has 0 unspecified atom stereocenters. The van der Waals surface area contributed by atoms with E-state index in [-0.39, 0.29) is 5.69 Å². The molecule has 8 nitrogen and oxygen atoms in total. The van der Waals surface area contributed by atoms with Gasteiger partial charge in [-0.2, -0.15) is 4.73 Å². The highest BCUT2D eigenvalue weighted by Crippen LogP contribution is 2.27. The van der Waals surface area contributed by atoms with Crippen molar-refractivity contribution in [3.8, 4) is 11.5 Å². The molecule has 2 aromatic rings. The molecule has 26 heavy (non-hydrogen) atoms. The fourth-order valence-electron chi connectivity index (χ4n) is 2.22. The van der Waals surface area contributed by atoms with Crippen LogP contribution in [0.5, 0.6) is 11.5 Å². The normalized spacial score (nSPS) is 10.1. The number of methoxy groups -OCH3 is 2. The van der Waals surface area contributed by atoms with E-state index in [0.29, 0.717) is 29.2 Å². The molecule has 0 saturated heterocycles.